The molecule has 0 N–H and O–H groups in total. The smallest absolute Gasteiger partial charge is 0.183 e. The van der Waals surface area contributed by atoms with E-state index in [4.69, 9.17) is 4.98 Å². The van der Waals surface area contributed by atoms with Crippen LogP contribution in [0.2, 0.25) is 0 Å². The molecular formula is C35H29F4IN10. The average molecular weight is 793 g/mol. The van der Waals surface area contributed by atoms with Gasteiger partial charge in [0.25, 0.3) is 0 Å². The molecule has 0 saturated carbocycles. The van der Waals surface area contributed by atoms with E-state index in [0.717, 1.165) is 71.6 Å². The molecule has 2 aromatic carbocycles. The van der Waals surface area contributed by atoms with E-state index in [1.54, 1.807) is 32.3 Å². The van der Waals surface area contributed by atoms with Crippen molar-refractivity contribution in [3.63, 3.8) is 0 Å². The summed E-state index contributed by atoms with van der Waals surface area (Å²) in [7, 11) is 0. The maximum absolute atomic E-state index is 14.3. The van der Waals surface area contributed by atoms with Crippen LogP contribution >= 0.6 is 22.6 Å². The van der Waals surface area contributed by atoms with Crippen LogP contribution in [0.15, 0.2) is 91.8 Å². The molecule has 0 radical (unpaired) electrons. The van der Waals surface area contributed by atoms with E-state index in [9.17, 15) is 17.6 Å². The average Bonchev–Trinajstić information content (AvgIpc) is 3.97. The zero-order valence-electron chi connectivity index (χ0n) is 26.4. The zero-order chi connectivity index (χ0) is 34.4. The molecule has 2 aliphatic heterocycles. The molecule has 5 aromatic heterocycles. The van der Waals surface area contributed by atoms with E-state index in [1.165, 1.54) is 24.3 Å². The van der Waals surface area contributed by atoms with Gasteiger partial charge in [0.1, 0.15) is 40.6 Å². The number of fused-ring (bicyclic) bond motifs is 2. The van der Waals surface area contributed by atoms with Gasteiger partial charge >= 0.3 is 0 Å². The van der Waals surface area contributed by atoms with Crippen molar-refractivity contribution in [3.8, 4) is 5.69 Å². The van der Waals surface area contributed by atoms with Gasteiger partial charge in [-0.05, 0) is 103 Å². The molecular weight excluding hydrogens is 763 g/mol. The number of hydrogen-bond acceptors (Lipinski definition) is 7. The first-order valence-electron chi connectivity index (χ1n) is 16.1. The van der Waals surface area contributed by atoms with Gasteiger partial charge in [0, 0.05) is 49.0 Å². The van der Waals surface area contributed by atoms with Gasteiger partial charge in [-0.3, -0.25) is 0 Å². The maximum Gasteiger partial charge on any atom is 0.183 e. The van der Waals surface area contributed by atoms with Crippen molar-refractivity contribution in [2.75, 3.05) is 22.9 Å². The molecule has 9 rings (SSSR count). The number of aromatic nitrogens is 8. The van der Waals surface area contributed by atoms with E-state index >= 15 is 0 Å². The highest BCUT2D eigenvalue weighted by molar-refractivity contribution is 14.1. The van der Waals surface area contributed by atoms with Gasteiger partial charge in [-0.25, -0.2) is 41.2 Å². The molecule has 2 atom stereocenters. The van der Waals surface area contributed by atoms with Crippen molar-refractivity contribution in [1.82, 2.24) is 39.0 Å². The first-order valence-corrected chi connectivity index (χ1v) is 17.2. The monoisotopic (exact) mass is 792 g/mol. The number of hydrogen-bond donors (Lipinski definition) is 0. The number of halogens is 5. The Morgan fingerprint density at radius 3 is 1.78 bits per heavy atom. The molecule has 2 fully saturated rings. The third kappa shape index (κ3) is 6.03. The third-order valence-electron chi connectivity index (χ3n) is 9.13. The molecule has 2 saturated heterocycles. The Hall–Kier alpha value is -5.06. The standard InChI is InChI=1S/C19H16F2N6.C16H13F2IN4/c20-13-4-5-15(21)14(11-13)16-3-1-8-25(16)18-6-10-27-19(24-18)17(12-23-27)26-9-2-7-22-26;17-10-3-4-12(18)11(8-10)14-2-1-6-22(14)15-5-7-23-16(21-15)13(19)9-20-23/h2,4-7,9-12,16H,1,3,8H2;3-5,7-9,14H,1-2,6H2/t16-;14-/m11/s1. The minimum absolute atomic E-state index is 0.193. The minimum Gasteiger partial charge on any atom is -0.349 e. The van der Waals surface area contributed by atoms with Crippen LogP contribution in [0.4, 0.5) is 29.2 Å². The van der Waals surface area contributed by atoms with Crippen molar-refractivity contribution < 1.29 is 17.6 Å². The van der Waals surface area contributed by atoms with E-state index < -0.39 is 17.5 Å². The van der Waals surface area contributed by atoms with Gasteiger partial charge in [-0.1, -0.05) is 0 Å². The fourth-order valence-electron chi connectivity index (χ4n) is 6.84. The highest BCUT2D eigenvalue weighted by Gasteiger charge is 2.31. The Bertz CT molecular complexity index is 2310. The minimum atomic E-state index is -0.432. The lowest BCUT2D eigenvalue weighted by Gasteiger charge is -2.26. The summed E-state index contributed by atoms with van der Waals surface area (Å²) in [6.07, 6.45) is 14.0. The van der Waals surface area contributed by atoms with Crippen LogP contribution in [0.3, 0.4) is 0 Å². The first-order chi connectivity index (χ1) is 24.3. The second-order valence-corrected chi connectivity index (χ2v) is 13.3. The molecule has 0 spiro atoms. The number of nitrogens with zero attached hydrogens (tertiary/aromatic N) is 10. The van der Waals surface area contributed by atoms with Gasteiger partial charge in [-0.15, -0.1) is 0 Å². The summed E-state index contributed by atoms with van der Waals surface area (Å²) < 4.78 is 61.7. The maximum atomic E-state index is 14.3. The highest BCUT2D eigenvalue weighted by atomic mass is 127. The highest BCUT2D eigenvalue weighted by Crippen LogP contribution is 2.38. The van der Waals surface area contributed by atoms with Crippen molar-refractivity contribution in [2.45, 2.75) is 37.8 Å². The normalized spacial score (nSPS) is 17.5. The lowest BCUT2D eigenvalue weighted by atomic mass is 10.0. The number of rotatable bonds is 5. The Labute approximate surface area is 297 Å². The van der Waals surface area contributed by atoms with Crippen LogP contribution in [-0.4, -0.2) is 52.1 Å². The van der Waals surface area contributed by atoms with Crippen molar-refractivity contribution in [3.05, 3.63) is 130 Å². The van der Waals surface area contributed by atoms with Crippen molar-refractivity contribution in [2.24, 2.45) is 0 Å². The quantitative estimate of drug-likeness (QED) is 0.132. The number of anilines is 2. The van der Waals surface area contributed by atoms with Gasteiger partial charge < -0.3 is 9.80 Å². The fourth-order valence-corrected chi connectivity index (χ4v) is 7.33. The Morgan fingerprint density at radius 1 is 0.640 bits per heavy atom. The zero-order valence-corrected chi connectivity index (χ0v) is 28.6. The molecule has 0 amide bonds. The van der Waals surface area contributed by atoms with E-state index in [0.29, 0.717) is 22.6 Å². The van der Waals surface area contributed by atoms with Crippen LogP contribution in [0.25, 0.3) is 17.0 Å². The Balaban J connectivity index is 0.000000146. The summed E-state index contributed by atoms with van der Waals surface area (Å²) in [5.41, 5.74) is 2.95. The molecule has 0 aliphatic carbocycles. The van der Waals surface area contributed by atoms with E-state index in [1.807, 2.05) is 46.6 Å². The lowest BCUT2D eigenvalue weighted by Crippen LogP contribution is -2.24. The molecule has 2 aliphatic rings. The number of benzene rings is 2. The van der Waals surface area contributed by atoms with Crippen LogP contribution in [0, 0.1) is 26.8 Å². The molecule has 50 heavy (non-hydrogen) atoms. The van der Waals surface area contributed by atoms with Crippen LogP contribution in [0.1, 0.15) is 48.9 Å². The van der Waals surface area contributed by atoms with Crippen LogP contribution < -0.4 is 9.80 Å². The third-order valence-corrected chi connectivity index (χ3v) is 9.89. The molecule has 10 nitrogen and oxygen atoms in total. The summed E-state index contributed by atoms with van der Waals surface area (Å²) in [6.45, 7) is 1.50. The summed E-state index contributed by atoms with van der Waals surface area (Å²) >= 11 is 2.19. The fraction of sp³-hybridized carbons (Fsp3) is 0.229. The second kappa shape index (κ2) is 13.3. The molecule has 7 heterocycles. The molecule has 7 aromatic rings. The van der Waals surface area contributed by atoms with E-state index in [-0.39, 0.29) is 17.9 Å². The van der Waals surface area contributed by atoms with Crippen molar-refractivity contribution >= 4 is 45.5 Å². The summed E-state index contributed by atoms with van der Waals surface area (Å²) in [5, 5.41) is 12.8. The molecule has 0 unspecified atom stereocenters. The molecule has 15 heteroatoms. The van der Waals surface area contributed by atoms with Gasteiger partial charge in [-0.2, -0.15) is 15.3 Å². The molecule has 254 valence electrons. The first kappa shape index (κ1) is 32.2. The summed E-state index contributed by atoms with van der Waals surface area (Å²) in [4.78, 5) is 13.5. The van der Waals surface area contributed by atoms with Crippen molar-refractivity contribution in [1.29, 1.82) is 0 Å². The van der Waals surface area contributed by atoms with E-state index in [2.05, 4.69) is 42.9 Å². The lowest BCUT2D eigenvalue weighted by molar-refractivity contribution is 0.560. The van der Waals surface area contributed by atoms with Crippen LogP contribution in [-0.2, 0) is 0 Å². The van der Waals surface area contributed by atoms with Crippen LogP contribution in [0.5, 0.6) is 0 Å². The predicted octanol–water partition coefficient (Wildman–Crippen LogP) is 7.49. The predicted molar refractivity (Wildman–Crippen MR) is 187 cm³/mol. The summed E-state index contributed by atoms with van der Waals surface area (Å²) in [6, 6.07) is 12.4. The second-order valence-electron chi connectivity index (χ2n) is 12.1. The Kier molecular flexibility index (Phi) is 8.58. The molecule has 0 bridgehead atoms. The largest absolute Gasteiger partial charge is 0.349 e. The summed E-state index contributed by atoms with van der Waals surface area (Å²) in [5.74, 6) is -0.135. The Morgan fingerprint density at radius 2 is 1.20 bits per heavy atom. The van der Waals surface area contributed by atoms with Gasteiger partial charge in [0.2, 0.25) is 0 Å². The van der Waals surface area contributed by atoms with Gasteiger partial charge in [0.05, 0.1) is 28.0 Å². The van der Waals surface area contributed by atoms with Gasteiger partial charge in [0.15, 0.2) is 11.3 Å². The SMILES string of the molecule is Fc1ccc(F)c([C@H]2CCCN2c2ccn3ncc(-n4cccn4)c3n2)c1.Fc1ccc(F)c([C@H]2CCCN2c2ccn3ncc(I)c3n2)c1. The topological polar surface area (TPSA) is 84.7 Å².